The van der Waals surface area contributed by atoms with Crippen LogP contribution < -0.4 is 0 Å². The van der Waals surface area contributed by atoms with Gasteiger partial charge >= 0.3 is 0 Å². The van der Waals surface area contributed by atoms with E-state index in [-0.39, 0.29) is 62.9 Å². The topological polar surface area (TPSA) is 94.8 Å². The van der Waals surface area contributed by atoms with Gasteiger partial charge in [0.15, 0.2) is 0 Å². The number of rotatable bonds is 20. The van der Waals surface area contributed by atoms with Crippen LogP contribution in [0.4, 0.5) is 0 Å². The van der Waals surface area contributed by atoms with Crippen molar-refractivity contribution in [1.82, 2.24) is 0 Å². The molecule has 0 aliphatic heterocycles. The van der Waals surface area contributed by atoms with Crippen molar-refractivity contribution in [3.05, 3.63) is 23.3 Å². The number of hydrogen-bond acceptors (Lipinski definition) is 4. The maximum absolute atomic E-state index is 11.3. The van der Waals surface area contributed by atoms with Gasteiger partial charge < -0.3 is 10.2 Å². The van der Waals surface area contributed by atoms with Crippen molar-refractivity contribution in [2.45, 2.75) is 135 Å². The molecule has 0 aliphatic carbocycles. The van der Waals surface area contributed by atoms with E-state index in [0.717, 1.165) is 12.8 Å². The van der Waals surface area contributed by atoms with E-state index >= 15 is 0 Å². The summed E-state index contributed by atoms with van der Waals surface area (Å²) >= 11 is 0. The van der Waals surface area contributed by atoms with Crippen LogP contribution in [-0.4, -0.2) is 80.3 Å². The summed E-state index contributed by atoms with van der Waals surface area (Å²) in [5, 5.41) is 20.8. The first-order valence-corrected chi connectivity index (χ1v) is 15.2. The second kappa shape index (κ2) is 19.4. The van der Waals surface area contributed by atoms with Gasteiger partial charge in [0.1, 0.15) is 11.5 Å². The van der Waals surface area contributed by atoms with E-state index < -0.39 is 21.3 Å². The number of aryl methyl sites for hydroxylation is 1. The van der Waals surface area contributed by atoms with Crippen LogP contribution in [0.3, 0.4) is 0 Å². The number of hydrogen-bond donors (Lipinski definition) is 3. The van der Waals surface area contributed by atoms with Crippen LogP contribution in [0.1, 0.15) is 135 Å². The Kier molecular flexibility index (Phi) is 19.6. The van der Waals surface area contributed by atoms with Crippen molar-refractivity contribution in [3.63, 3.8) is 0 Å². The molecule has 0 heterocycles. The predicted octanol–water partition coefficient (Wildman–Crippen LogP) is 7.69. The van der Waals surface area contributed by atoms with E-state index in [1.807, 2.05) is 0 Å². The zero-order valence-corrected chi connectivity index (χ0v) is 26.9. The van der Waals surface area contributed by atoms with E-state index in [4.69, 9.17) is 4.55 Å². The summed E-state index contributed by atoms with van der Waals surface area (Å²) in [4.78, 5) is 0. The molecule has 1 aromatic carbocycles. The summed E-state index contributed by atoms with van der Waals surface area (Å²) < 4.78 is 31.7. The summed E-state index contributed by atoms with van der Waals surface area (Å²) in [7, 11) is -4.20. The van der Waals surface area contributed by atoms with Gasteiger partial charge in [0.25, 0.3) is 10.1 Å². The molecule has 1 rings (SSSR count). The molecule has 199 valence electrons. The molecule has 0 aliphatic rings. The van der Waals surface area contributed by atoms with Crippen LogP contribution in [0.15, 0.2) is 12.1 Å². The third-order valence-corrected chi connectivity index (χ3v) is 7.86. The van der Waals surface area contributed by atoms with Crippen LogP contribution in [-0.2, 0) is 22.0 Å². The van der Waals surface area contributed by atoms with Crippen molar-refractivity contribution in [1.29, 1.82) is 0 Å². The van der Waals surface area contributed by atoms with Gasteiger partial charge in [0, 0.05) is 62.4 Å². The maximum Gasteiger partial charge on any atom is 0.265 e. The molecule has 0 atom stereocenters. The van der Waals surface area contributed by atoms with Crippen LogP contribution in [0.25, 0.3) is 0 Å². The number of aromatic hydroxyl groups is 2. The molecular formula is C28H50KO5S. The maximum atomic E-state index is 11.3. The largest absolute Gasteiger partial charge is 0.508 e. The first-order chi connectivity index (χ1) is 16.1. The van der Waals surface area contributed by atoms with Gasteiger partial charge in [-0.3, -0.25) is 4.55 Å². The molecule has 7 heteroatoms. The summed E-state index contributed by atoms with van der Waals surface area (Å²) in [6.45, 7) is 5.50. The molecule has 0 unspecified atom stereocenters. The normalized spacial score (nSPS) is 12.0. The van der Waals surface area contributed by atoms with Crippen molar-refractivity contribution in [2.24, 2.45) is 0 Å². The van der Waals surface area contributed by atoms with Crippen molar-refractivity contribution in [2.75, 3.05) is 5.75 Å². The Bertz CT molecular complexity index is 793. The minimum atomic E-state index is -4.20. The molecule has 3 N–H and O–H groups in total. The molecule has 0 amide bonds. The molecule has 0 fully saturated rings. The van der Waals surface area contributed by atoms with Gasteiger partial charge in [-0.1, -0.05) is 117 Å². The zero-order valence-electron chi connectivity index (χ0n) is 22.9. The average Bonchev–Trinajstić information content (AvgIpc) is 2.73. The molecule has 1 aromatic rings. The number of benzene rings is 1. The SMILES string of the molecule is CCCCCCCCCCCCCCCCCCc1cc(O)c(C(C)(C)CS(=O)(=O)O)cc1O.[K]. The van der Waals surface area contributed by atoms with Crippen LogP contribution in [0, 0.1) is 0 Å². The van der Waals surface area contributed by atoms with Gasteiger partial charge in [-0.25, -0.2) is 0 Å². The Morgan fingerprint density at radius 1 is 0.686 bits per heavy atom. The van der Waals surface area contributed by atoms with E-state index in [0.29, 0.717) is 17.5 Å². The van der Waals surface area contributed by atoms with Gasteiger partial charge in [0.05, 0.1) is 5.75 Å². The van der Waals surface area contributed by atoms with Crippen LogP contribution in [0.5, 0.6) is 11.5 Å². The van der Waals surface area contributed by atoms with Crippen molar-refractivity contribution in [3.8, 4) is 11.5 Å². The number of phenols is 2. The second-order valence-corrected chi connectivity index (χ2v) is 12.1. The number of phenolic OH excluding ortho intramolecular Hbond substituents is 2. The van der Waals surface area contributed by atoms with E-state index in [9.17, 15) is 18.6 Å². The fourth-order valence-corrected chi connectivity index (χ4v) is 5.83. The molecule has 0 aromatic heterocycles. The summed E-state index contributed by atoms with van der Waals surface area (Å²) in [5.74, 6) is -0.499. The van der Waals surface area contributed by atoms with Crippen molar-refractivity contribution < 1.29 is 23.2 Å². The fraction of sp³-hybridized carbons (Fsp3) is 0.786. The molecule has 1 radical (unpaired) electrons. The van der Waals surface area contributed by atoms with E-state index in [2.05, 4.69) is 6.92 Å². The summed E-state index contributed by atoms with van der Waals surface area (Å²) in [6, 6.07) is 2.96. The molecule has 5 nitrogen and oxygen atoms in total. The Morgan fingerprint density at radius 3 is 1.49 bits per heavy atom. The van der Waals surface area contributed by atoms with Gasteiger partial charge in [-0.05, 0) is 30.5 Å². The summed E-state index contributed by atoms with van der Waals surface area (Å²) in [5.41, 5.74) is -0.0188. The average molecular weight is 538 g/mol. The molecule has 0 saturated heterocycles. The third-order valence-electron chi connectivity index (χ3n) is 6.77. The van der Waals surface area contributed by atoms with Gasteiger partial charge in [-0.2, -0.15) is 8.42 Å². The summed E-state index contributed by atoms with van der Waals surface area (Å²) in [6.07, 6.45) is 21.6. The van der Waals surface area contributed by atoms with E-state index in [1.54, 1.807) is 13.8 Å². The fourth-order valence-electron chi connectivity index (χ4n) is 4.76. The molecular weight excluding hydrogens is 487 g/mol. The van der Waals surface area contributed by atoms with Crippen LogP contribution in [0.2, 0.25) is 0 Å². The van der Waals surface area contributed by atoms with Gasteiger partial charge in [0.2, 0.25) is 0 Å². The third kappa shape index (κ3) is 16.7. The number of unbranched alkanes of at least 4 members (excludes halogenated alkanes) is 15. The molecule has 0 saturated carbocycles. The molecule has 35 heavy (non-hydrogen) atoms. The Morgan fingerprint density at radius 2 is 1.09 bits per heavy atom. The van der Waals surface area contributed by atoms with Crippen LogP contribution >= 0.6 is 0 Å². The first kappa shape index (κ1) is 35.4. The van der Waals surface area contributed by atoms with Gasteiger partial charge in [-0.15, -0.1) is 0 Å². The quantitative estimate of drug-likeness (QED) is 0.0686. The first-order valence-electron chi connectivity index (χ1n) is 13.6. The Hall–Kier alpha value is 0.366. The molecule has 0 bridgehead atoms. The van der Waals surface area contributed by atoms with Crippen molar-refractivity contribution >= 4 is 61.5 Å². The standard InChI is InChI=1S/C28H50O5S.K/c1-4-5-6-7-8-9-10-11-12-13-14-15-16-17-18-19-20-24-21-27(30)25(22-26(24)29)28(2,3)23-34(31,32)33;/h21-22,29-30H,4-20,23H2,1-3H3,(H,31,32,33);. The van der Waals surface area contributed by atoms with E-state index in [1.165, 1.54) is 102 Å². The molecule has 0 spiro atoms. The predicted molar refractivity (Wildman–Crippen MR) is 148 cm³/mol. The Balaban J connectivity index is 0.0000116. The minimum absolute atomic E-state index is 0. The Labute approximate surface area is 258 Å². The minimum Gasteiger partial charge on any atom is -0.508 e. The zero-order chi connectivity index (χ0) is 25.5. The smallest absolute Gasteiger partial charge is 0.265 e. The monoisotopic (exact) mass is 537 g/mol. The second-order valence-electron chi connectivity index (χ2n) is 10.7.